The van der Waals surface area contributed by atoms with Gasteiger partial charge in [0.05, 0.1) is 6.61 Å². The largest absolute Gasteiger partial charge is 0.492 e. The topological polar surface area (TPSA) is 62.2 Å². The van der Waals surface area contributed by atoms with Crippen molar-refractivity contribution in [1.29, 1.82) is 0 Å². The SMILES string of the molecule is COCC1CCCN(CCOc2cccc(B(O)O)c2)C1. The molecule has 0 amide bonds. The standard InChI is InChI=1S/C15H24BNO4/c1-20-12-13-4-3-7-17(11-13)8-9-21-15-6-2-5-14(10-15)16(18)19/h2,5-6,10,13,18-19H,3-4,7-9,11-12H2,1H3. The summed E-state index contributed by atoms with van der Waals surface area (Å²) in [5.41, 5.74) is 0.450. The average molecular weight is 293 g/mol. The molecule has 2 rings (SSSR count). The molecule has 1 aliphatic heterocycles. The highest BCUT2D eigenvalue weighted by Gasteiger charge is 2.19. The Bertz CT molecular complexity index is 428. The molecule has 0 aliphatic carbocycles. The Kier molecular flexibility index (Phi) is 6.51. The molecule has 2 N–H and O–H groups in total. The van der Waals surface area contributed by atoms with Crippen LogP contribution in [0.4, 0.5) is 0 Å². The molecular weight excluding hydrogens is 269 g/mol. The maximum atomic E-state index is 9.14. The van der Waals surface area contributed by atoms with Crippen LogP contribution in [0, 0.1) is 5.92 Å². The van der Waals surface area contributed by atoms with Gasteiger partial charge in [-0.15, -0.1) is 0 Å². The van der Waals surface area contributed by atoms with Gasteiger partial charge >= 0.3 is 7.12 Å². The summed E-state index contributed by atoms with van der Waals surface area (Å²) in [6.07, 6.45) is 2.45. The number of methoxy groups -OCH3 is 1. The summed E-state index contributed by atoms with van der Waals surface area (Å²) in [7, 11) is 0.301. The molecule has 1 aromatic carbocycles. The van der Waals surface area contributed by atoms with Gasteiger partial charge in [-0.05, 0) is 42.9 Å². The van der Waals surface area contributed by atoms with Crippen molar-refractivity contribution in [3.63, 3.8) is 0 Å². The molecule has 6 heteroatoms. The molecule has 116 valence electrons. The van der Waals surface area contributed by atoms with Crippen molar-refractivity contribution in [2.75, 3.05) is 40.0 Å². The summed E-state index contributed by atoms with van der Waals surface area (Å²) >= 11 is 0. The lowest BCUT2D eigenvalue weighted by atomic mass is 9.80. The number of likely N-dealkylation sites (tertiary alicyclic amines) is 1. The normalized spacial score (nSPS) is 19.5. The third kappa shape index (κ3) is 5.32. The fourth-order valence-electron chi connectivity index (χ4n) is 2.78. The van der Waals surface area contributed by atoms with Crippen molar-refractivity contribution in [3.8, 4) is 5.75 Å². The number of hydrogen-bond acceptors (Lipinski definition) is 5. The Balaban J connectivity index is 1.75. The molecule has 1 aromatic rings. The van der Waals surface area contributed by atoms with E-state index in [4.69, 9.17) is 19.5 Å². The first kappa shape index (κ1) is 16.3. The summed E-state index contributed by atoms with van der Waals surface area (Å²) in [6, 6.07) is 6.92. The highest BCUT2D eigenvalue weighted by molar-refractivity contribution is 6.58. The van der Waals surface area contributed by atoms with Gasteiger partial charge in [0.15, 0.2) is 0 Å². The van der Waals surface area contributed by atoms with Gasteiger partial charge in [-0.25, -0.2) is 0 Å². The van der Waals surface area contributed by atoms with E-state index in [-0.39, 0.29) is 0 Å². The number of piperidine rings is 1. The van der Waals surface area contributed by atoms with E-state index in [1.165, 1.54) is 12.8 Å². The van der Waals surface area contributed by atoms with Crippen molar-refractivity contribution >= 4 is 12.6 Å². The molecule has 0 aromatic heterocycles. The molecule has 0 saturated carbocycles. The molecular formula is C15H24BNO4. The van der Waals surface area contributed by atoms with E-state index in [1.807, 2.05) is 6.07 Å². The maximum absolute atomic E-state index is 9.14. The first-order valence-corrected chi connectivity index (χ1v) is 7.49. The maximum Gasteiger partial charge on any atom is 0.488 e. The van der Waals surface area contributed by atoms with Crippen LogP contribution < -0.4 is 10.2 Å². The number of hydrogen-bond donors (Lipinski definition) is 2. The zero-order chi connectivity index (χ0) is 15.1. The Morgan fingerprint density at radius 2 is 2.24 bits per heavy atom. The van der Waals surface area contributed by atoms with Gasteiger partial charge in [-0.2, -0.15) is 0 Å². The first-order valence-electron chi connectivity index (χ1n) is 7.49. The highest BCUT2D eigenvalue weighted by Crippen LogP contribution is 2.16. The van der Waals surface area contributed by atoms with Crippen molar-refractivity contribution in [1.82, 2.24) is 4.90 Å². The summed E-state index contributed by atoms with van der Waals surface area (Å²) in [6.45, 7) is 4.48. The van der Waals surface area contributed by atoms with Gasteiger partial charge < -0.3 is 19.5 Å². The minimum Gasteiger partial charge on any atom is -0.492 e. The van der Waals surface area contributed by atoms with E-state index in [0.29, 0.717) is 23.7 Å². The lowest BCUT2D eigenvalue weighted by Gasteiger charge is -2.32. The highest BCUT2D eigenvalue weighted by atomic mass is 16.5. The van der Waals surface area contributed by atoms with Gasteiger partial charge in [0, 0.05) is 20.2 Å². The summed E-state index contributed by atoms with van der Waals surface area (Å²) in [5.74, 6) is 1.29. The lowest BCUT2D eigenvalue weighted by Crippen LogP contribution is -2.39. The molecule has 1 fully saturated rings. The Morgan fingerprint density at radius 3 is 3.00 bits per heavy atom. The van der Waals surface area contributed by atoms with E-state index in [0.717, 1.165) is 26.2 Å². The monoisotopic (exact) mass is 293 g/mol. The molecule has 1 aliphatic rings. The fraction of sp³-hybridized carbons (Fsp3) is 0.600. The first-order chi connectivity index (χ1) is 10.2. The number of ether oxygens (including phenoxy) is 2. The van der Waals surface area contributed by atoms with Crippen molar-refractivity contribution in [2.24, 2.45) is 5.92 Å². The van der Waals surface area contributed by atoms with Gasteiger partial charge in [-0.1, -0.05) is 12.1 Å². The zero-order valence-corrected chi connectivity index (χ0v) is 12.6. The van der Waals surface area contributed by atoms with Gasteiger partial charge in [0.2, 0.25) is 0 Å². The Morgan fingerprint density at radius 1 is 1.38 bits per heavy atom. The molecule has 0 bridgehead atoms. The molecule has 1 saturated heterocycles. The number of nitrogens with zero attached hydrogens (tertiary/aromatic N) is 1. The molecule has 21 heavy (non-hydrogen) atoms. The predicted molar refractivity (Wildman–Crippen MR) is 82.8 cm³/mol. The van der Waals surface area contributed by atoms with Crippen molar-refractivity contribution < 1.29 is 19.5 Å². The average Bonchev–Trinajstić information content (AvgIpc) is 2.48. The summed E-state index contributed by atoms with van der Waals surface area (Å²) < 4.78 is 10.9. The zero-order valence-electron chi connectivity index (χ0n) is 12.6. The van der Waals surface area contributed by atoms with Crippen LogP contribution in [0.5, 0.6) is 5.75 Å². The molecule has 0 radical (unpaired) electrons. The van der Waals surface area contributed by atoms with E-state index < -0.39 is 7.12 Å². The summed E-state index contributed by atoms with van der Waals surface area (Å²) in [4.78, 5) is 2.40. The van der Waals surface area contributed by atoms with Crippen molar-refractivity contribution in [3.05, 3.63) is 24.3 Å². The predicted octanol–water partition coefficient (Wildman–Crippen LogP) is 0.104. The second-order valence-electron chi connectivity index (χ2n) is 5.56. The molecule has 1 heterocycles. The van der Waals surface area contributed by atoms with Crippen LogP contribution in [0.2, 0.25) is 0 Å². The summed E-state index contributed by atoms with van der Waals surface area (Å²) in [5, 5.41) is 18.3. The van der Waals surface area contributed by atoms with Crippen LogP contribution in [0.25, 0.3) is 0 Å². The van der Waals surface area contributed by atoms with Gasteiger partial charge in [0.1, 0.15) is 12.4 Å². The third-order valence-corrected chi connectivity index (χ3v) is 3.84. The van der Waals surface area contributed by atoms with Crippen LogP contribution in [0.1, 0.15) is 12.8 Å². The van der Waals surface area contributed by atoms with Crippen LogP contribution in [0.3, 0.4) is 0 Å². The molecule has 5 nitrogen and oxygen atoms in total. The van der Waals surface area contributed by atoms with E-state index in [2.05, 4.69) is 4.90 Å². The lowest BCUT2D eigenvalue weighted by molar-refractivity contribution is 0.0832. The molecule has 1 unspecified atom stereocenters. The quantitative estimate of drug-likeness (QED) is 0.698. The van der Waals surface area contributed by atoms with Crippen LogP contribution in [-0.4, -0.2) is 62.0 Å². The molecule has 1 atom stereocenters. The second-order valence-corrected chi connectivity index (χ2v) is 5.56. The van der Waals surface area contributed by atoms with Crippen LogP contribution in [0.15, 0.2) is 24.3 Å². The van der Waals surface area contributed by atoms with Gasteiger partial charge in [0.25, 0.3) is 0 Å². The number of rotatable bonds is 7. The Labute approximate surface area is 126 Å². The van der Waals surface area contributed by atoms with E-state index >= 15 is 0 Å². The van der Waals surface area contributed by atoms with E-state index in [1.54, 1.807) is 25.3 Å². The van der Waals surface area contributed by atoms with Crippen molar-refractivity contribution in [2.45, 2.75) is 12.8 Å². The molecule has 0 spiro atoms. The second kappa shape index (κ2) is 8.39. The third-order valence-electron chi connectivity index (χ3n) is 3.84. The van der Waals surface area contributed by atoms with Crippen LogP contribution in [-0.2, 0) is 4.74 Å². The van der Waals surface area contributed by atoms with Crippen LogP contribution >= 0.6 is 0 Å². The fourth-order valence-corrected chi connectivity index (χ4v) is 2.78. The van der Waals surface area contributed by atoms with Gasteiger partial charge in [-0.3, -0.25) is 4.90 Å². The minimum absolute atomic E-state index is 0.450. The number of benzene rings is 1. The smallest absolute Gasteiger partial charge is 0.488 e. The Hall–Kier alpha value is -1.08. The van der Waals surface area contributed by atoms with E-state index in [9.17, 15) is 0 Å². The minimum atomic E-state index is -1.45.